The minimum absolute atomic E-state index is 0.00376. The number of nitrogens with one attached hydrogen (secondary N) is 2. The molecule has 0 spiro atoms. The summed E-state index contributed by atoms with van der Waals surface area (Å²) < 4.78 is 50.9. The van der Waals surface area contributed by atoms with E-state index < -0.39 is 23.6 Å². The van der Waals surface area contributed by atoms with Gasteiger partial charge < -0.3 is 14.5 Å². The normalized spacial score (nSPS) is 11.6. The Hall–Kier alpha value is -4.61. The van der Waals surface area contributed by atoms with Gasteiger partial charge in [-0.15, -0.1) is 0 Å². The van der Waals surface area contributed by atoms with Gasteiger partial charge in [-0.2, -0.15) is 18.3 Å². The Bertz CT molecular complexity index is 1890. The molecule has 0 atom stereocenters. The quantitative estimate of drug-likeness (QED) is 0.0741. The van der Waals surface area contributed by atoms with Crippen LogP contribution in [0.4, 0.5) is 13.2 Å². The number of ether oxygens (including phenoxy) is 2. The van der Waals surface area contributed by atoms with E-state index in [0.29, 0.717) is 21.7 Å². The number of fused-ring (bicyclic) bond motifs is 1. The number of carbonyl (C=O) groups is 2. The van der Waals surface area contributed by atoms with Gasteiger partial charge in [0.05, 0.1) is 34.5 Å². The van der Waals surface area contributed by atoms with Crippen LogP contribution in [0.2, 0.25) is 5.02 Å². The third-order valence-electron chi connectivity index (χ3n) is 6.39. The Morgan fingerprint density at radius 3 is 2.50 bits per heavy atom. The molecule has 224 valence electrons. The molecule has 5 aromatic rings. The van der Waals surface area contributed by atoms with Crippen molar-refractivity contribution in [1.82, 2.24) is 10.4 Å². The summed E-state index contributed by atoms with van der Waals surface area (Å²) in [6.45, 7) is 1.93. The number of amides is 1. The first kappa shape index (κ1) is 30.8. The fraction of sp³-hybridized carbons (Fsp3) is 0.0938. The maximum atomic E-state index is 13.3. The number of aromatic nitrogens is 1. The summed E-state index contributed by atoms with van der Waals surface area (Å²) in [5.41, 5.74) is 4.08. The molecule has 1 amide bonds. The number of rotatable bonds is 8. The highest BCUT2D eigenvalue weighted by Crippen LogP contribution is 2.38. The molecule has 0 fully saturated rings. The summed E-state index contributed by atoms with van der Waals surface area (Å²) in [6, 6.07) is 21.4. The zero-order valence-electron chi connectivity index (χ0n) is 22.8. The molecule has 12 heteroatoms. The van der Waals surface area contributed by atoms with E-state index in [0.717, 1.165) is 33.6 Å². The number of halogens is 5. The highest BCUT2D eigenvalue weighted by molar-refractivity contribution is 9.10. The molecule has 7 nitrogen and oxygen atoms in total. The number of hydrogen-bond acceptors (Lipinski definition) is 5. The fourth-order valence-electron chi connectivity index (χ4n) is 4.46. The second kappa shape index (κ2) is 12.9. The molecule has 0 aliphatic heterocycles. The lowest BCUT2D eigenvalue weighted by molar-refractivity contribution is -0.137. The zero-order chi connectivity index (χ0) is 31.4. The van der Waals surface area contributed by atoms with Crippen LogP contribution in [0.1, 0.15) is 38.9 Å². The van der Waals surface area contributed by atoms with Crippen LogP contribution in [-0.2, 0) is 6.18 Å². The predicted molar refractivity (Wildman–Crippen MR) is 166 cm³/mol. The molecule has 0 aliphatic rings. The monoisotopic (exact) mass is 683 g/mol. The summed E-state index contributed by atoms with van der Waals surface area (Å²) in [6.07, 6.45) is -3.24. The van der Waals surface area contributed by atoms with Crippen molar-refractivity contribution in [3.05, 3.63) is 117 Å². The molecule has 0 unspecified atom stereocenters. The van der Waals surface area contributed by atoms with Crippen molar-refractivity contribution in [2.75, 3.05) is 6.61 Å². The molecule has 44 heavy (non-hydrogen) atoms. The number of esters is 1. The van der Waals surface area contributed by atoms with E-state index >= 15 is 0 Å². The lowest BCUT2D eigenvalue weighted by Gasteiger charge is -2.12. The van der Waals surface area contributed by atoms with E-state index in [9.17, 15) is 22.8 Å². The summed E-state index contributed by atoms with van der Waals surface area (Å²) in [5, 5.41) is 5.27. The Morgan fingerprint density at radius 2 is 1.77 bits per heavy atom. The number of hydrogen-bond donors (Lipinski definition) is 2. The molecule has 2 N–H and O–H groups in total. The van der Waals surface area contributed by atoms with Gasteiger partial charge >= 0.3 is 12.1 Å². The van der Waals surface area contributed by atoms with E-state index in [2.05, 4.69) is 31.4 Å². The van der Waals surface area contributed by atoms with Crippen molar-refractivity contribution >= 4 is 56.5 Å². The van der Waals surface area contributed by atoms with Crippen molar-refractivity contribution in [3.8, 4) is 22.6 Å². The second-order valence-electron chi connectivity index (χ2n) is 9.36. The largest absolute Gasteiger partial charge is 0.490 e. The van der Waals surface area contributed by atoms with Crippen LogP contribution in [-0.4, -0.2) is 29.7 Å². The number of carbonyl (C=O) groups excluding carboxylic acids is 2. The number of aromatic amines is 1. The van der Waals surface area contributed by atoms with Gasteiger partial charge in [-0.1, -0.05) is 63.9 Å². The molecule has 1 heterocycles. The van der Waals surface area contributed by atoms with Gasteiger partial charge in [-0.05, 0) is 66.6 Å². The van der Waals surface area contributed by atoms with Crippen molar-refractivity contribution in [2.24, 2.45) is 5.10 Å². The topological polar surface area (TPSA) is 92.8 Å². The Labute approximate surface area is 262 Å². The molecular weight excluding hydrogens is 663 g/mol. The van der Waals surface area contributed by atoms with Gasteiger partial charge in [-0.25, -0.2) is 10.2 Å². The summed E-state index contributed by atoms with van der Waals surface area (Å²) in [7, 11) is 0. The second-order valence-corrected chi connectivity index (χ2v) is 10.7. The number of H-pyrrole nitrogens is 1. The first-order valence-electron chi connectivity index (χ1n) is 13.1. The Morgan fingerprint density at radius 1 is 1.00 bits per heavy atom. The third-order valence-corrected chi connectivity index (χ3v) is 7.15. The fourth-order valence-corrected chi connectivity index (χ4v) is 5.31. The first-order valence-corrected chi connectivity index (χ1v) is 14.3. The van der Waals surface area contributed by atoms with E-state index in [1.807, 2.05) is 36.4 Å². The number of nitrogens with zero attached hydrogens (tertiary/aromatic N) is 1. The average Bonchev–Trinajstić information content (AvgIpc) is 3.38. The maximum absolute atomic E-state index is 13.3. The Kier molecular flexibility index (Phi) is 9.07. The first-order chi connectivity index (χ1) is 21.0. The molecule has 0 saturated carbocycles. The summed E-state index contributed by atoms with van der Waals surface area (Å²) >= 11 is 9.92. The minimum atomic E-state index is -4.61. The number of benzene rings is 4. The van der Waals surface area contributed by atoms with E-state index in [4.69, 9.17) is 21.1 Å². The summed E-state index contributed by atoms with van der Waals surface area (Å²) in [4.78, 5) is 29.0. The molecule has 5 rings (SSSR count). The highest BCUT2D eigenvalue weighted by Gasteiger charge is 2.31. The standard InChI is InChI=1S/C32H22BrClF3N3O4/c1-2-43-26-13-18(11-12-25(26)44-31(42)20-9-6-10-21(14-20)32(35,36)37)17-38-40-30(41)29-27(19-7-4-3-5-8-19)23-15-22(33)16-24(34)28(23)39-29/h3-17,39H,2H2,1H3,(H,40,41). The van der Waals surface area contributed by atoms with Gasteiger partial charge in [0.15, 0.2) is 11.5 Å². The van der Waals surface area contributed by atoms with Crippen LogP contribution < -0.4 is 14.9 Å². The van der Waals surface area contributed by atoms with Crippen molar-refractivity contribution < 1.29 is 32.2 Å². The number of alkyl halides is 3. The van der Waals surface area contributed by atoms with E-state index in [1.165, 1.54) is 24.4 Å². The van der Waals surface area contributed by atoms with Gasteiger partial charge in [0.1, 0.15) is 5.69 Å². The predicted octanol–water partition coefficient (Wildman–Crippen LogP) is 8.65. The summed E-state index contributed by atoms with van der Waals surface area (Å²) in [5.74, 6) is -1.33. The SMILES string of the molecule is CCOc1cc(C=NNC(=O)c2[nH]c3c(Cl)cc(Br)cc3c2-c2ccccc2)ccc1OC(=O)c1cccc(C(F)(F)F)c1. The molecule has 0 bridgehead atoms. The van der Waals surface area contributed by atoms with Crippen LogP contribution in [0, 0.1) is 0 Å². The smallest absolute Gasteiger partial charge is 0.416 e. The Balaban J connectivity index is 1.37. The van der Waals surface area contributed by atoms with Crippen LogP contribution in [0.25, 0.3) is 22.0 Å². The van der Waals surface area contributed by atoms with Crippen molar-refractivity contribution in [2.45, 2.75) is 13.1 Å². The lowest BCUT2D eigenvalue weighted by Crippen LogP contribution is -2.18. The van der Waals surface area contributed by atoms with Crippen LogP contribution >= 0.6 is 27.5 Å². The molecule has 0 saturated heterocycles. The van der Waals surface area contributed by atoms with Crippen molar-refractivity contribution in [3.63, 3.8) is 0 Å². The highest BCUT2D eigenvalue weighted by atomic mass is 79.9. The average molecular weight is 685 g/mol. The van der Waals surface area contributed by atoms with Gasteiger partial charge in [-0.3, -0.25) is 4.79 Å². The molecule has 0 aliphatic carbocycles. The van der Waals surface area contributed by atoms with Gasteiger partial charge in [0, 0.05) is 15.4 Å². The van der Waals surface area contributed by atoms with Gasteiger partial charge in [0.25, 0.3) is 5.91 Å². The van der Waals surface area contributed by atoms with Crippen LogP contribution in [0.3, 0.4) is 0 Å². The molecular formula is C32H22BrClF3N3O4. The lowest BCUT2D eigenvalue weighted by atomic mass is 10.0. The zero-order valence-corrected chi connectivity index (χ0v) is 25.2. The van der Waals surface area contributed by atoms with Crippen LogP contribution in [0.15, 0.2) is 94.5 Å². The molecule has 0 radical (unpaired) electrons. The third kappa shape index (κ3) is 6.79. The maximum Gasteiger partial charge on any atom is 0.416 e. The van der Waals surface area contributed by atoms with Gasteiger partial charge in [0.2, 0.25) is 0 Å². The van der Waals surface area contributed by atoms with E-state index in [1.54, 1.807) is 19.1 Å². The number of hydrazone groups is 1. The van der Waals surface area contributed by atoms with E-state index in [-0.39, 0.29) is 29.4 Å². The van der Waals surface area contributed by atoms with Crippen LogP contribution in [0.5, 0.6) is 11.5 Å². The molecule has 1 aromatic heterocycles. The molecule has 4 aromatic carbocycles. The minimum Gasteiger partial charge on any atom is -0.490 e. The van der Waals surface area contributed by atoms with Crippen molar-refractivity contribution in [1.29, 1.82) is 0 Å².